The zero-order valence-corrected chi connectivity index (χ0v) is 6.89. The van der Waals surface area contributed by atoms with Crippen molar-refractivity contribution in [2.75, 3.05) is 0 Å². The first-order valence-corrected chi connectivity index (χ1v) is 3.80. The van der Waals surface area contributed by atoms with Crippen molar-refractivity contribution in [1.82, 2.24) is 0 Å². The summed E-state index contributed by atoms with van der Waals surface area (Å²) in [4.78, 5) is 10.3. The van der Waals surface area contributed by atoms with Crippen LogP contribution in [0.25, 0.3) is 0 Å². The molecular formula is C9H16O. The highest BCUT2D eigenvalue weighted by Gasteiger charge is 2.02. The second kappa shape index (κ2) is 5.21. The van der Waals surface area contributed by atoms with Crippen molar-refractivity contribution in [2.24, 2.45) is 5.92 Å². The molecule has 0 spiro atoms. The highest BCUT2D eigenvalue weighted by atomic mass is 16.1. The van der Waals surface area contributed by atoms with Crippen molar-refractivity contribution < 1.29 is 4.79 Å². The number of allylic oxidation sites excluding steroid dienone is 1. The molecule has 0 fully saturated rings. The van der Waals surface area contributed by atoms with Gasteiger partial charge in [0.05, 0.1) is 0 Å². The third-order valence-electron chi connectivity index (χ3n) is 1.66. The quantitative estimate of drug-likeness (QED) is 0.423. The van der Waals surface area contributed by atoms with Crippen LogP contribution in [0, 0.1) is 5.92 Å². The molecular weight excluding hydrogens is 124 g/mol. The lowest BCUT2D eigenvalue weighted by molar-refractivity contribution is -0.111. The lowest BCUT2D eigenvalue weighted by atomic mass is 10.00. The Kier molecular flexibility index (Phi) is 4.91. The summed E-state index contributed by atoms with van der Waals surface area (Å²) in [5, 5.41) is 0. The lowest BCUT2D eigenvalue weighted by Crippen LogP contribution is -1.99. The molecule has 0 N–H and O–H groups in total. The van der Waals surface area contributed by atoms with Crippen LogP contribution in [0.15, 0.2) is 12.2 Å². The predicted molar refractivity (Wildman–Crippen MR) is 43.9 cm³/mol. The Bertz CT molecular complexity index is 116. The zero-order valence-electron chi connectivity index (χ0n) is 6.89. The van der Waals surface area contributed by atoms with Gasteiger partial charge in [0.25, 0.3) is 0 Å². The van der Waals surface area contributed by atoms with E-state index in [1.165, 1.54) is 5.57 Å². The Morgan fingerprint density at radius 1 is 1.70 bits per heavy atom. The largest absolute Gasteiger partial charge is 0.303 e. The number of carbonyl (C=O) groups excluding carboxylic acids is 1. The molecule has 10 heavy (non-hydrogen) atoms. The molecule has 0 amide bonds. The maximum absolute atomic E-state index is 10.3. The van der Waals surface area contributed by atoms with Gasteiger partial charge < -0.3 is 4.79 Å². The van der Waals surface area contributed by atoms with E-state index in [2.05, 4.69) is 6.58 Å². The molecule has 0 heterocycles. The third kappa shape index (κ3) is 4.30. The first-order valence-electron chi connectivity index (χ1n) is 3.80. The van der Waals surface area contributed by atoms with Gasteiger partial charge in [-0.2, -0.15) is 0 Å². The lowest BCUT2D eigenvalue weighted by Gasteiger charge is -2.04. The Morgan fingerprint density at radius 2 is 2.30 bits per heavy atom. The third-order valence-corrected chi connectivity index (χ3v) is 1.66. The normalized spacial score (nSPS) is 12.6. The number of rotatable bonds is 5. The van der Waals surface area contributed by atoms with E-state index in [0.29, 0.717) is 0 Å². The molecule has 0 aromatic carbocycles. The molecule has 1 atom stereocenters. The summed E-state index contributed by atoms with van der Waals surface area (Å²) in [7, 11) is 0. The van der Waals surface area contributed by atoms with Crippen molar-refractivity contribution in [2.45, 2.75) is 33.1 Å². The van der Waals surface area contributed by atoms with Crippen LogP contribution in [-0.2, 0) is 4.79 Å². The van der Waals surface area contributed by atoms with Gasteiger partial charge in [0.15, 0.2) is 0 Å². The van der Waals surface area contributed by atoms with E-state index in [-0.39, 0.29) is 5.92 Å². The zero-order chi connectivity index (χ0) is 7.98. The molecule has 0 aliphatic heterocycles. The van der Waals surface area contributed by atoms with Gasteiger partial charge in [0, 0.05) is 5.92 Å². The molecule has 0 rings (SSSR count). The van der Waals surface area contributed by atoms with E-state index in [9.17, 15) is 4.79 Å². The first kappa shape index (κ1) is 9.41. The van der Waals surface area contributed by atoms with Crippen LogP contribution in [0.1, 0.15) is 33.1 Å². The Labute approximate surface area is 63.1 Å². The van der Waals surface area contributed by atoms with E-state index in [1.54, 1.807) is 0 Å². The summed E-state index contributed by atoms with van der Waals surface area (Å²) in [5.74, 6) is 0.247. The monoisotopic (exact) mass is 140 g/mol. The maximum atomic E-state index is 10.3. The number of hydrogen-bond acceptors (Lipinski definition) is 1. The van der Waals surface area contributed by atoms with E-state index in [0.717, 1.165) is 25.5 Å². The van der Waals surface area contributed by atoms with E-state index in [4.69, 9.17) is 0 Å². The molecule has 1 nitrogen and oxygen atoms in total. The fourth-order valence-corrected chi connectivity index (χ4v) is 0.800. The van der Waals surface area contributed by atoms with Crippen molar-refractivity contribution in [3.8, 4) is 0 Å². The smallest absolute Gasteiger partial charge is 0.123 e. The topological polar surface area (TPSA) is 17.1 Å². The summed E-state index contributed by atoms with van der Waals surface area (Å²) in [6, 6.07) is 0. The van der Waals surface area contributed by atoms with E-state index < -0.39 is 0 Å². The fraction of sp³-hybridized carbons (Fsp3) is 0.667. The Hall–Kier alpha value is -0.590. The van der Waals surface area contributed by atoms with Crippen molar-refractivity contribution in [3.05, 3.63) is 12.2 Å². The summed E-state index contributed by atoms with van der Waals surface area (Å²) >= 11 is 0. The molecule has 0 aromatic rings. The molecule has 58 valence electrons. The van der Waals surface area contributed by atoms with Gasteiger partial charge in [0.2, 0.25) is 0 Å². The molecule has 1 heteroatoms. The summed E-state index contributed by atoms with van der Waals surface area (Å²) < 4.78 is 0. The summed E-state index contributed by atoms with van der Waals surface area (Å²) in [6.07, 6.45) is 3.95. The first-order chi connectivity index (χ1) is 4.70. The van der Waals surface area contributed by atoms with Gasteiger partial charge in [-0.3, -0.25) is 0 Å². The highest BCUT2D eigenvalue weighted by molar-refractivity contribution is 5.53. The summed E-state index contributed by atoms with van der Waals surface area (Å²) in [5.41, 5.74) is 1.17. The molecule has 0 aliphatic carbocycles. The van der Waals surface area contributed by atoms with Crippen LogP contribution in [0.2, 0.25) is 0 Å². The van der Waals surface area contributed by atoms with Crippen LogP contribution in [-0.4, -0.2) is 6.29 Å². The SMILES string of the molecule is C=C(C)CCC(C=O)CC. The molecule has 0 radical (unpaired) electrons. The molecule has 0 bridgehead atoms. The Morgan fingerprint density at radius 3 is 2.60 bits per heavy atom. The standard InChI is InChI=1S/C9H16O/c1-4-9(7-10)6-5-8(2)3/h7,9H,2,4-6H2,1,3H3. The molecule has 0 saturated heterocycles. The van der Waals surface area contributed by atoms with Crippen LogP contribution >= 0.6 is 0 Å². The van der Waals surface area contributed by atoms with Crippen LogP contribution in [0.4, 0.5) is 0 Å². The predicted octanol–water partition coefficient (Wildman–Crippen LogP) is 2.57. The minimum absolute atomic E-state index is 0.247. The fourth-order valence-electron chi connectivity index (χ4n) is 0.800. The molecule has 1 unspecified atom stereocenters. The van der Waals surface area contributed by atoms with Gasteiger partial charge >= 0.3 is 0 Å². The van der Waals surface area contributed by atoms with Crippen LogP contribution in [0.5, 0.6) is 0 Å². The van der Waals surface area contributed by atoms with Crippen molar-refractivity contribution >= 4 is 6.29 Å². The number of hydrogen-bond donors (Lipinski definition) is 0. The second-order valence-electron chi connectivity index (χ2n) is 2.80. The van der Waals surface area contributed by atoms with E-state index >= 15 is 0 Å². The van der Waals surface area contributed by atoms with Crippen molar-refractivity contribution in [1.29, 1.82) is 0 Å². The minimum Gasteiger partial charge on any atom is -0.303 e. The molecule has 0 aliphatic rings. The van der Waals surface area contributed by atoms with Gasteiger partial charge in [0.1, 0.15) is 6.29 Å². The van der Waals surface area contributed by atoms with Crippen LogP contribution < -0.4 is 0 Å². The minimum atomic E-state index is 0.247. The maximum Gasteiger partial charge on any atom is 0.123 e. The average molecular weight is 140 g/mol. The molecule has 0 saturated carbocycles. The highest BCUT2D eigenvalue weighted by Crippen LogP contribution is 2.11. The number of aldehydes is 1. The second-order valence-corrected chi connectivity index (χ2v) is 2.80. The van der Waals surface area contributed by atoms with Gasteiger partial charge in [-0.1, -0.05) is 12.5 Å². The summed E-state index contributed by atoms with van der Waals surface area (Å²) in [6.45, 7) is 7.82. The Balaban J connectivity index is 3.44. The molecule has 0 aromatic heterocycles. The van der Waals surface area contributed by atoms with Crippen molar-refractivity contribution in [3.63, 3.8) is 0 Å². The number of carbonyl (C=O) groups is 1. The van der Waals surface area contributed by atoms with E-state index in [1.807, 2.05) is 13.8 Å². The average Bonchev–Trinajstić information content (AvgIpc) is 1.90. The van der Waals surface area contributed by atoms with Gasteiger partial charge in [-0.15, -0.1) is 6.58 Å². The van der Waals surface area contributed by atoms with Crippen LogP contribution in [0.3, 0.4) is 0 Å². The van der Waals surface area contributed by atoms with Gasteiger partial charge in [-0.25, -0.2) is 0 Å². The van der Waals surface area contributed by atoms with Gasteiger partial charge in [-0.05, 0) is 26.2 Å².